The monoisotopic (exact) mass is 231 g/mol. The smallest absolute Gasteiger partial charge is 0.0506 e. The van der Waals surface area contributed by atoms with Gasteiger partial charge < -0.3 is 9.64 Å². The van der Waals surface area contributed by atoms with Gasteiger partial charge in [0.2, 0.25) is 0 Å². The predicted octanol–water partition coefficient (Wildman–Crippen LogP) is 2.30. The Kier molecular flexibility index (Phi) is 6.69. The summed E-state index contributed by atoms with van der Waals surface area (Å²) in [5.41, 5.74) is 0. The van der Waals surface area contributed by atoms with E-state index in [1.807, 2.05) is 0 Å². The molecule has 0 aromatic carbocycles. The van der Waals surface area contributed by atoms with Gasteiger partial charge in [-0.05, 0) is 37.5 Å². The first-order valence-corrected chi connectivity index (χ1v) is 6.76. The minimum Gasteiger partial charge on any atom is -0.381 e. The van der Waals surface area contributed by atoms with E-state index in [1.165, 1.54) is 32.4 Å². The second-order valence-corrected chi connectivity index (χ2v) is 5.13. The molecule has 0 bridgehead atoms. The molecule has 0 spiro atoms. The van der Waals surface area contributed by atoms with Crippen molar-refractivity contribution in [3.05, 3.63) is 0 Å². The van der Waals surface area contributed by atoms with Crippen LogP contribution in [0.2, 0.25) is 0 Å². The molecule has 1 aliphatic rings. The third-order valence-corrected chi connectivity index (χ3v) is 3.75. The number of hydrogen-bond acceptors (Lipinski definition) is 3. The van der Waals surface area contributed by atoms with Gasteiger partial charge in [0.15, 0.2) is 0 Å². The van der Waals surface area contributed by atoms with Crippen LogP contribution in [-0.4, -0.2) is 44.0 Å². The Morgan fingerprint density at radius 3 is 2.87 bits per heavy atom. The number of hydrogen-bond donors (Lipinski definition) is 1. The maximum atomic E-state index is 5.50. The first-order chi connectivity index (χ1) is 7.26. The molecule has 3 heteroatoms. The number of rotatable bonds is 6. The third-order valence-electron chi connectivity index (χ3n) is 3.23. The second-order valence-electron chi connectivity index (χ2n) is 4.76. The summed E-state index contributed by atoms with van der Waals surface area (Å²) < 4.78 is 5.50. The van der Waals surface area contributed by atoms with Crippen LogP contribution in [0.15, 0.2) is 0 Å². The molecule has 0 aliphatic carbocycles. The van der Waals surface area contributed by atoms with E-state index in [2.05, 4.69) is 31.5 Å². The van der Waals surface area contributed by atoms with Gasteiger partial charge in [-0.3, -0.25) is 0 Å². The predicted molar refractivity (Wildman–Crippen MR) is 68.7 cm³/mol. The van der Waals surface area contributed by atoms with Crippen molar-refractivity contribution in [2.45, 2.75) is 26.2 Å². The largest absolute Gasteiger partial charge is 0.381 e. The van der Waals surface area contributed by atoms with E-state index < -0.39 is 0 Å². The van der Waals surface area contributed by atoms with Crippen molar-refractivity contribution >= 4 is 12.6 Å². The van der Waals surface area contributed by atoms with E-state index >= 15 is 0 Å². The molecule has 15 heavy (non-hydrogen) atoms. The van der Waals surface area contributed by atoms with E-state index in [1.54, 1.807) is 0 Å². The van der Waals surface area contributed by atoms with E-state index in [9.17, 15) is 0 Å². The molecule has 90 valence electrons. The molecule has 0 aromatic heterocycles. The lowest BCUT2D eigenvalue weighted by Gasteiger charge is -2.29. The van der Waals surface area contributed by atoms with Crippen LogP contribution in [0.3, 0.4) is 0 Å². The van der Waals surface area contributed by atoms with Crippen molar-refractivity contribution in [3.8, 4) is 0 Å². The van der Waals surface area contributed by atoms with Crippen LogP contribution < -0.4 is 0 Å². The lowest BCUT2D eigenvalue weighted by atomic mass is 10.0. The first kappa shape index (κ1) is 13.3. The van der Waals surface area contributed by atoms with E-state index in [0.717, 1.165) is 30.8 Å². The third kappa shape index (κ3) is 5.23. The van der Waals surface area contributed by atoms with Crippen molar-refractivity contribution in [3.63, 3.8) is 0 Å². The average Bonchev–Trinajstić information content (AvgIpc) is 2.27. The summed E-state index contributed by atoms with van der Waals surface area (Å²) in [7, 11) is 2.22. The fraction of sp³-hybridized carbons (Fsp3) is 1.00. The minimum absolute atomic E-state index is 0.739. The minimum atomic E-state index is 0.739. The summed E-state index contributed by atoms with van der Waals surface area (Å²) in [5, 5.41) is 0. The maximum absolute atomic E-state index is 5.50. The van der Waals surface area contributed by atoms with Crippen molar-refractivity contribution in [1.82, 2.24) is 4.90 Å². The molecule has 0 radical (unpaired) electrons. The van der Waals surface area contributed by atoms with Crippen LogP contribution in [-0.2, 0) is 4.74 Å². The van der Waals surface area contributed by atoms with Crippen LogP contribution >= 0.6 is 12.6 Å². The highest BCUT2D eigenvalue weighted by Gasteiger charge is 2.17. The van der Waals surface area contributed by atoms with Crippen molar-refractivity contribution < 1.29 is 4.74 Å². The Morgan fingerprint density at radius 2 is 2.33 bits per heavy atom. The van der Waals surface area contributed by atoms with Crippen LogP contribution in [0.25, 0.3) is 0 Å². The Balaban J connectivity index is 2.18. The summed E-state index contributed by atoms with van der Waals surface area (Å²) in [4.78, 5) is 2.45. The van der Waals surface area contributed by atoms with Crippen LogP contribution in [0.1, 0.15) is 26.2 Å². The maximum Gasteiger partial charge on any atom is 0.0506 e. The number of ether oxygens (including phenoxy) is 1. The van der Waals surface area contributed by atoms with Gasteiger partial charge in [-0.2, -0.15) is 12.6 Å². The summed E-state index contributed by atoms with van der Waals surface area (Å²) in [5.74, 6) is 2.49. The Morgan fingerprint density at radius 1 is 1.53 bits per heavy atom. The molecule has 0 N–H and O–H groups in total. The molecule has 0 aromatic rings. The van der Waals surface area contributed by atoms with Gasteiger partial charge in [-0.1, -0.05) is 13.3 Å². The van der Waals surface area contributed by atoms with Gasteiger partial charge in [0.05, 0.1) is 6.61 Å². The van der Waals surface area contributed by atoms with Gasteiger partial charge >= 0.3 is 0 Å². The topological polar surface area (TPSA) is 12.5 Å². The Labute approximate surface area is 99.8 Å². The Hall–Kier alpha value is 0.270. The summed E-state index contributed by atoms with van der Waals surface area (Å²) >= 11 is 4.38. The summed E-state index contributed by atoms with van der Waals surface area (Å²) in [6, 6.07) is 0. The van der Waals surface area contributed by atoms with Crippen molar-refractivity contribution in [2.24, 2.45) is 11.8 Å². The molecule has 2 nitrogen and oxygen atoms in total. The fourth-order valence-corrected chi connectivity index (χ4v) is 2.60. The van der Waals surface area contributed by atoms with Crippen LogP contribution in [0.5, 0.6) is 0 Å². The highest BCUT2D eigenvalue weighted by atomic mass is 32.1. The number of thiol groups is 1. The van der Waals surface area contributed by atoms with Gasteiger partial charge in [0.25, 0.3) is 0 Å². The van der Waals surface area contributed by atoms with Crippen LogP contribution in [0, 0.1) is 11.8 Å². The SMILES string of the molecule is CCC(CS)CN(C)CC1CCCOC1. The van der Waals surface area contributed by atoms with Gasteiger partial charge in [-0.15, -0.1) is 0 Å². The van der Waals surface area contributed by atoms with Crippen LogP contribution in [0.4, 0.5) is 0 Å². The summed E-state index contributed by atoms with van der Waals surface area (Å²) in [6.45, 7) is 6.54. The lowest BCUT2D eigenvalue weighted by molar-refractivity contribution is 0.0405. The summed E-state index contributed by atoms with van der Waals surface area (Å²) in [6.07, 6.45) is 3.80. The molecule has 0 amide bonds. The molecular weight excluding hydrogens is 206 g/mol. The molecule has 2 atom stereocenters. The highest BCUT2D eigenvalue weighted by Crippen LogP contribution is 2.15. The highest BCUT2D eigenvalue weighted by molar-refractivity contribution is 7.80. The van der Waals surface area contributed by atoms with Crippen molar-refractivity contribution in [2.75, 3.05) is 39.1 Å². The van der Waals surface area contributed by atoms with E-state index in [-0.39, 0.29) is 0 Å². The number of nitrogens with zero attached hydrogens (tertiary/aromatic N) is 1. The molecule has 1 aliphatic heterocycles. The van der Waals surface area contributed by atoms with E-state index in [0.29, 0.717) is 0 Å². The Bertz CT molecular complexity index is 156. The molecule has 1 fully saturated rings. The normalized spacial score (nSPS) is 24.4. The van der Waals surface area contributed by atoms with E-state index in [4.69, 9.17) is 4.74 Å². The van der Waals surface area contributed by atoms with Gasteiger partial charge in [-0.25, -0.2) is 0 Å². The molecule has 1 heterocycles. The zero-order chi connectivity index (χ0) is 11.1. The molecule has 2 unspecified atom stereocenters. The molecular formula is C12H25NOS. The van der Waals surface area contributed by atoms with Crippen molar-refractivity contribution in [1.29, 1.82) is 0 Å². The fourth-order valence-electron chi connectivity index (χ4n) is 2.22. The average molecular weight is 231 g/mol. The lowest BCUT2D eigenvalue weighted by Crippen LogP contribution is -2.34. The van der Waals surface area contributed by atoms with Gasteiger partial charge in [0, 0.05) is 19.7 Å². The second kappa shape index (κ2) is 7.53. The zero-order valence-electron chi connectivity index (χ0n) is 10.1. The quantitative estimate of drug-likeness (QED) is 0.704. The first-order valence-electron chi connectivity index (χ1n) is 6.13. The zero-order valence-corrected chi connectivity index (χ0v) is 11.0. The molecule has 1 saturated heterocycles. The molecule has 0 saturated carbocycles. The standard InChI is InChI=1S/C12H25NOS/c1-3-11(10-15)7-13(2)8-12-5-4-6-14-9-12/h11-12,15H,3-10H2,1-2H3. The van der Waals surface area contributed by atoms with Gasteiger partial charge in [0.1, 0.15) is 0 Å². The molecule has 1 rings (SSSR count).